The molecule has 0 radical (unpaired) electrons. The van der Waals surface area contributed by atoms with Crippen LogP contribution in [0, 0.1) is 6.92 Å². The normalized spacial score (nSPS) is 19.5. The molecule has 0 unspecified atom stereocenters. The molecule has 0 aliphatic carbocycles. The monoisotopic (exact) mass is 263 g/mol. The molecule has 1 amide bonds. The predicted molar refractivity (Wildman–Crippen MR) is 75.4 cm³/mol. The molecule has 1 aliphatic heterocycles. The standard InChI is InChI=1S/C13H21N5O/c1-9-8-11(18(2)3)17-13(15-9)16-10-6-4-5-7-14-12(10)19/h8,10H,4-7H2,1-3H3,(H,14,19)(H,15,16,17)/t10-/m0/s1. The second-order valence-corrected chi connectivity index (χ2v) is 5.07. The van der Waals surface area contributed by atoms with Crippen LogP contribution < -0.4 is 15.5 Å². The molecule has 1 fully saturated rings. The van der Waals surface area contributed by atoms with Crippen LogP contribution >= 0.6 is 0 Å². The molecule has 0 bridgehead atoms. The van der Waals surface area contributed by atoms with Gasteiger partial charge in [-0.3, -0.25) is 4.79 Å². The predicted octanol–water partition coefficient (Wildman–Crippen LogP) is 0.932. The van der Waals surface area contributed by atoms with Crippen molar-refractivity contribution in [3.63, 3.8) is 0 Å². The highest BCUT2D eigenvalue weighted by Crippen LogP contribution is 2.15. The maximum Gasteiger partial charge on any atom is 0.242 e. The smallest absolute Gasteiger partial charge is 0.242 e. The van der Waals surface area contributed by atoms with Crippen LogP contribution in [-0.2, 0) is 4.79 Å². The van der Waals surface area contributed by atoms with Gasteiger partial charge in [-0.1, -0.05) is 0 Å². The summed E-state index contributed by atoms with van der Waals surface area (Å²) in [7, 11) is 3.87. The van der Waals surface area contributed by atoms with Crippen LogP contribution in [0.1, 0.15) is 25.0 Å². The van der Waals surface area contributed by atoms with Crippen molar-refractivity contribution in [1.82, 2.24) is 15.3 Å². The van der Waals surface area contributed by atoms with Crippen LogP contribution in [0.3, 0.4) is 0 Å². The van der Waals surface area contributed by atoms with E-state index < -0.39 is 0 Å². The highest BCUT2D eigenvalue weighted by Gasteiger charge is 2.21. The van der Waals surface area contributed by atoms with Gasteiger partial charge in [0.1, 0.15) is 11.9 Å². The molecular formula is C13H21N5O. The van der Waals surface area contributed by atoms with Crippen molar-refractivity contribution in [3.8, 4) is 0 Å². The average molecular weight is 263 g/mol. The molecular weight excluding hydrogens is 242 g/mol. The van der Waals surface area contributed by atoms with Crippen molar-refractivity contribution in [1.29, 1.82) is 0 Å². The zero-order valence-electron chi connectivity index (χ0n) is 11.7. The number of carbonyl (C=O) groups excluding carboxylic acids is 1. The van der Waals surface area contributed by atoms with Gasteiger partial charge in [0.05, 0.1) is 0 Å². The lowest BCUT2D eigenvalue weighted by atomic mass is 10.1. The first-order chi connectivity index (χ1) is 9.06. The number of rotatable bonds is 3. The molecule has 2 heterocycles. The summed E-state index contributed by atoms with van der Waals surface area (Å²) < 4.78 is 0. The fourth-order valence-electron chi connectivity index (χ4n) is 2.08. The zero-order valence-corrected chi connectivity index (χ0v) is 11.7. The van der Waals surface area contributed by atoms with Crippen LogP contribution in [0.15, 0.2) is 6.07 Å². The van der Waals surface area contributed by atoms with Crippen LogP contribution in [0.25, 0.3) is 0 Å². The van der Waals surface area contributed by atoms with Gasteiger partial charge in [0.2, 0.25) is 11.9 Å². The molecule has 6 heteroatoms. The lowest BCUT2D eigenvalue weighted by Crippen LogP contribution is -2.38. The summed E-state index contributed by atoms with van der Waals surface area (Å²) in [6, 6.07) is 1.68. The number of carbonyl (C=O) groups is 1. The van der Waals surface area contributed by atoms with Gasteiger partial charge in [-0.25, -0.2) is 4.98 Å². The third-order valence-electron chi connectivity index (χ3n) is 3.14. The van der Waals surface area contributed by atoms with E-state index in [9.17, 15) is 4.79 Å². The fourth-order valence-corrected chi connectivity index (χ4v) is 2.08. The second-order valence-electron chi connectivity index (χ2n) is 5.07. The molecule has 0 aromatic carbocycles. The minimum absolute atomic E-state index is 0.0361. The van der Waals surface area contributed by atoms with Gasteiger partial charge in [0.25, 0.3) is 0 Å². The molecule has 1 saturated heterocycles. The number of amides is 1. The van der Waals surface area contributed by atoms with Crippen LogP contribution in [0.4, 0.5) is 11.8 Å². The van der Waals surface area contributed by atoms with Crippen molar-refractivity contribution in [3.05, 3.63) is 11.8 Å². The highest BCUT2D eigenvalue weighted by molar-refractivity contribution is 5.84. The van der Waals surface area contributed by atoms with E-state index in [1.807, 2.05) is 32.0 Å². The van der Waals surface area contributed by atoms with E-state index in [1.165, 1.54) is 0 Å². The first-order valence-electron chi connectivity index (χ1n) is 6.63. The summed E-state index contributed by atoms with van der Waals surface area (Å²) >= 11 is 0. The Morgan fingerprint density at radius 3 is 2.89 bits per heavy atom. The summed E-state index contributed by atoms with van der Waals surface area (Å²) in [4.78, 5) is 22.6. The maximum atomic E-state index is 11.9. The minimum Gasteiger partial charge on any atom is -0.363 e. The number of anilines is 2. The number of hydrogen-bond donors (Lipinski definition) is 2. The van der Waals surface area contributed by atoms with Crippen molar-refractivity contribution < 1.29 is 4.79 Å². The summed E-state index contributed by atoms with van der Waals surface area (Å²) in [6.07, 6.45) is 2.88. The Balaban J connectivity index is 2.15. The zero-order chi connectivity index (χ0) is 13.8. The van der Waals surface area contributed by atoms with E-state index in [-0.39, 0.29) is 11.9 Å². The van der Waals surface area contributed by atoms with E-state index in [4.69, 9.17) is 0 Å². The first-order valence-corrected chi connectivity index (χ1v) is 6.63. The third kappa shape index (κ3) is 3.56. The Labute approximate surface area is 113 Å². The lowest BCUT2D eigenvalue weighted by molar-refractivity contribution is -0.121. The largest absolute Gasteiger partial charge is 0.363 e. The van der Waals surface area contributed by atoms with Gasteiger partial charge in [0, 0.05) is 32.4 Å². The Hall–Kier alpha value is -1.85. The van der Waals surface area contributed by atoms with Crippen molar-refractivity contribution >= 4 is 17.7 Å². The van der Waals surface area contributed by atoms with E-state index in [1.54, 1.807) is 0 Å². The van der Waals surface area contributed by atoms with Gasteiger partial charge in [-0.15, -0.1) is 0 Å². The Bertz CT molecular complexity index is 460. The van der Waals surface area contributed by atoms with Crippen molar-refractivity contribution in [2.45, 2.75) is 32.2 Å². The summed E-state index contributed by atoms with van der Waals surface area (Å²) in [5.74, 6) is 1.39. The Morgan fingerprint density at radius 2 is 2.16 bits per heavy atom. The van der Waals surface area contributed by atoms with E-state index in [0.29, 0.717) is 5.95 Å². The van der Waals surface area contributed by atoms with Gasteiger partial charge in [0.15, 0.2) is 0 Å². The van der Waals surface area contributed by atoms with E-state index in [2.05, 4.69) is 20.6 Å². The maximum absolute atomic E-state index is 11.9. The quantitative estimate of drug-likeness (QED) is 0.849. The van der Waals surface area contributed by atoms with Gasteiger partial charge in [-0.05, 0) is 26.2 Å². The lowest BCUT2D eigenvalue weighted by Gasteiger charge is -2.17. The summed E-state index contributed by atoms with van der Waals surface area (Å²) in [6.45, 7) is 2.68. The van der Waals surface area contributed by atoms with Gasteiger partial charge in [-0.2, -0.15) is 4.98 Å². The van der Waals surface area contributed by atoms with Crippen molar-refractivity contribution in [2.24, 2.45) is 0 Å². The topological polar surface area (TPSA) is 70.2 Å². The molecule has 19 heavy (non-hydrogen) atoms. The molecule has 1 aromatic heterocycles. The average Bonchev–Trinajstić information content (AvgIpc) is 2.54. The van der Waals surface area contributed by atoms with Crippen molar-refractivity contribution in [2.75, 3.05) is 30.9 Å². The minimum atomic E-state index is -0.237. The number of aryl methyl sites for hydroxylation is 1. The molecule has 1 atom stereocenters. The summed E-state index contributed by atoms with van der Waals surface area (Å²) in [5, 5.41) is 6.05. The van der Waals surface area contributed by atoms with E-state index >= 15 is 0 Å². The Kier molecular flexibility index (Phi) is 4.19. The van der Waals surface area contributed by atoms with Gasteiger partial charge < -0.3 is 15.5 Å². The molecule has 0 spiro atoms. The summed E-state index contributed by atoms with van der Waals surface area (Å²) in [5.41, 5.74) is 0.884. The number of nitrogens with one attached hydrogen (secondary N) is 2. The molecule has 1 aliphatic rings. The SMILES string of the molecule is Cc1cc(N(C)C)nc(N[C@H]2CCCCNC2=O)n1. The van der Waals surface area contributed by atoms with Gasteiger partial charge >= 0.3 is 0 Å². The highest BCUT2D eigenvalue weighted by atomic mass is 16.2. The van der Waals surface area contributed by atoms with Crippen LogP contribution in [-0.4, -0.2) is 42.6 Å². The number of aromatic nitrogens is 2. The molecule has 6 nitrogen and oxygen atoms in total. The molecule has 104 valence electrons. The molecule has 1 aromatic rings. The van der Waals surface area contributed by atoms with Crippen LogP contribution in [0.2, 0.25) is 0 Å². The molecule has 0 saturated carbocycles. The molecule has 2 N–H and O–H groups in total. The third-order valence-corrected chi connectivity index (χ3v) is 3.14. The first kappa shape index (κ1) is 13.6. The van der Waals surface area contributed by atoms with E-state index in [0.717, 1.165) is 37.3 Å². The second kappa shape index (κ2) is 5.86. The number of hydrogen-bond acceptors (Lipinski definition) is 5. The number of nitrogens with zero attached hydrogens (tertiary/aromatic N) is 3. The Morgan fingerprint density at radius 1 is 1.37 bits per heavy atom. The van der Waals surface area contributed by atoms with Crippen LogP contribution in [0.5, 0.6) is 0 Å². The fraction of sp³-hybridized carbons (Fsp3) is 0.615. The molecule has 2 rings (SSSR count).